The standard InChI is InChI=1S/C17H15BrN2O3S2/c1-23-15-7-6-13(18)10-14(15)17-20(8-9-24-17)25(21,22)16-5-3-2-4-12(16)11-19/h2-7,10,17H,8-9H2,1H3. The molecule has 2 aromatic rings. The Morgan fingerprint density at radius 1 is 1.32 bits per heavy atom. The summed E-state index contributed by atoms with van der Waals surface area (Å²) in [6.45, 7) is 0.382. The topological polar surface area (TPSA) is 70.4 Å². The zero-order chi connectivity index (χ0) is 18.0. The summed E-state index contributed by atoms with van der Waals surface area (Å²) in [6.07, 6.45) is 0. The smallest absolute Gasteiger partial charge is 0.245 e. The minimum Gasteiger partial charge on any atom is -0.496 e. The van der Waals surface area contributed by atoms with E-state index in [1.54, 1.807) is 19.2 Å². The van der Waals surface area contributed by atoms with Crippen LogP contribution < -0.4 is 4.74 Å². The zero-order valence-corrected chi connectivity index (χ0v) is 16.6. The van der Waals surface area contributed by atoms with Crippen LogP contribution in [0.3, 0.4) is 0 Å². The molecule has 1 fully saturated rings. The largest absolute Gasteiger partial charge is 0.496 e. The first-order valence-electron chi connectivity index (χ1n) is 7.45. The highest BCUT2D eigenvalue weighted by molar-refractivity contribution is 9.10. The van der Waals surface area contributed by atoms with E-state index in [4.69, 9.17) is 4.74 Å². The molecule has 1 aliphatic heterocycles. The van der Waals surface area contributed by atoms with Gasteiger partial charge in [-0.15, -0.1) is 11.8 Å². The first-order valence-corrected chi connectivity index (χ1v) is 10.7. The van der Waals surface area contributed by atoms with Crippen LogP contribution in [0.1, 0.15) is 16.5 Å². The van der Waals surface area contributed by atoms with Gasteiger partial charge in [-0.1, -0.05) is 28.1 Å². The minimum atomic E-state index is -3.80. The van der Waals surface area contributed by atoms with Crippen LogP contribution in [0.4, 0.5) is 0 Å². The van der Waals surface area contributed by atoms with Gasteiger partial charge in [0.25, 0.3) is 0 Å². The van der Waals surface area contributed by atoms with E-state index in [2.05, 4.69) is 15.9 Å². The predicted octanol–water partition coefficient (Wildman–Crippen LogP) is 3.77. The number of thioether (sulfide) groups is 1. The molecule has 1 saturated heterocycles. The van der Waals surface area contributed by atoms with Crippen molar-refractivity contribution < 1.29 is 13.2 Å². The summed E-state index contributed by atoms with van der Waals surface area (Å²) in [5.41, 5.74) is 0.941. The quantitative estimate of drug-likeness (QED) is 0.726. The second-order valence-electron chi connectivity index (χ2n) is 5.33. The maximum atomic E-state index is 13.2. The Hall–Kier alpha value is -1.53. The van der Waals surface area contributed by atoms with E-state index < -0.39 is 15.4 Å². The first-order chi connectivity index (χ1) is 12.0. The van der Waals surface area contributed by atoms with Crippen molar-refractivity contribution in [2.45, 2.75) is 10.3 Å². The fraction of sp³-hybridized carbons (Fsp3) is 0.235. The molecule has 2 aromatic carbocycles. The molecule has 0 bridgehead atoms. The van der Waals surface area contributed by atoms with Gasteiger partial charge in [0.05, 0.1) is 22.9 Å². The Morgan fingerprint density at radius 2 is 2.08 bits per heavy atom. The lowest BCUT2D eigenvalue weighted by Gasteiger charge is -2.25. The normalized spacial score (nSPS) is 18.0. The maximum Gasteiger partial charge on any atom is 0.245 e. The molecule has 0 radical (unpaired) electrons. The lowest BCUT2D eigenvalue weighted by atomic mass is 10.2. The van der Waals surface area contributed by atoms with Crippen molar-refractivity contribution >= 4 is 37.7 Å². The number of rotatable bonds is 4. The van der Waals surface area contributed by atoms with Crippen LogP contribution in [0, 0.1) is 11.3 Å². The highest BCUT2D eigenvalue weighted by Crippen LogP contribution is 2.45. The van der Waals surface area contributed by atoms with E-state index in [1.807, 2.05) is 24.3 Å². The van der Waals surface area contributed by atoms with Gasteiger partial charge in [0.1, 0.15) is 11.8 Å². The number of hydrogen-bond donors (Lipinski definition) is 0. The Bertz CT molecular complexity index is 941. The molecule has 0 aliphatic carbocycles. The molecule has 3 rings (SSSR count). The van der Waals surface area contributed by atoms with Crippen LogP contribution in [0.2, 0.25) is 0 Å². The summed E-state index contributed by atoms with van der Waals surface area (Å²) < 4.78 is 34.1. The van der Waals surface area contributed by atoms with Crippen molar-refractivity contribution in [3.63, 3.8) is 0 Å². The average molecular weight is 439 g/mol. The van der Waals surface area contributed by atoms with Crippen LogP contribution in [0.25, 0.3) is 0 Å². The summed E-state index contributed by atoms with van der Waals surface area (Å²) >= 11 is 4.97. The predicted molar refractivity (Wildman–Crippen MR) is 101 cm³/mol. The Morgan fingerprint density at radius 3 is 2.80 bits per heavy atom. The lowest BCUT2D eigenvalue weighted by molar-refractivity contribution is 0.390. The molecule has 1 unspecified atom stereocenters. The SMILES string of the molecule is COc1ccc(Br)cc1C1SCCN1S(=O)(=O)c1ccccc1C#N. The number of hydrogen-bond acceptors (Lipinski definition) is 5. The summed E-state index contributed by atoms with van der Waals surface area (Å²) in [4.78, 5) is 0.0407. The second-order valence-corrected chi connectivity index (χ2v) is 9.30. The molecular formula is C17H15BrN2O3S2. The molecule has 0 aromatic heterocycles. The molecule has 1 aliphatic rings. The summed E-state index contributed by atoms with van der Waals surface area (Å²) in [6, 6.07) is 13.8. The maximum absolute atomic E-state index is 13.2. The lowest BCUT2D eigenvalue weighted by Crippen LogP contribution is -2.31. The van der Waals surface area contributed by atoms with E-state index >= 15 is 0 Å². The van der Waals surface area contributed by atoms with Crippen molar-refractivity contribution in [2.75, 3.05) is 19.4 Å². The highest BCUT2D eigenvalue weighted by Gasteiger charge is 2.39. The molecular weight excluding hydrogens is 424 g/mol. The molecule has 1 heterocycles. The van der Waals surface area contributed by atoms with Crippen LogP contribution in [0.5, 0.6) is 5.75 Å². The van der Waals surface area contributed by atoms with Crippen LogP contribution in [-0.4, -0.2) is 32.1 Å². The van der Waals surface area contributed by atoms with Crippen molar-refractivity contribution in [1.29, 1.82) is 5.26 Å². The van der Waals surface area contributed by atoms with Gasteiger partial charge in [0, 0.05) is 22.3 Å². The van der Waals surface area contributed by atoms with Crippen molar-refractivity contribution in [3.05, 3.63) is 58.1 Å². The molecule has 1 atom stereocenters. The van der Waals surface area contributed by atoms with Gasteiger partial charge in [-0.2, -0.15) is 9.57 Å². The van der Waals surface area contributed by atoms with Gasteiger partial charge in [-0.3, -0.25) is 0 Å². The number of benzene rings is 2. The van der Waals surface area contributed by atoms with Gasteiger partial charge >= 0.3 is 0 Å². The molecule has 8 heteroatoms. The number of methoxy groups -OCH3 is 1. The highest BCUT2D eigenvalue weighted by atomic mass is 79.9. The molecule has 130 valence electrons. The van der Waals surface area contributed by atoms with E-state index in [0.717, 1.165) is 10.0 Å². The minimum absolute atomic E-state index is 0.0407. The fourth-order valence-electron chi connectivity index (χ4n) is 2.75. The van der Waals surface area contributed by atoms with Gasteiger partial charge in [0.15, 0.2) is 0 Å². The number of ether oxygens (including phenoxy) is 1. The zero-order valence-electron chi connectivity index (χ0n) is 13.3. The third-order valence-electron chi connectivity index (χ3n) is 3.90. The van der Waals surface area contributed by atoms with Crippen LogP contribution in [-0.2, 0) is 10.0 Å². The first kappa shape index (κ1) is 18.3. The van der Waals surface area contributed by atoms with E-state index in [-0.39, 0.29) is 10.5 Å². The molecule has 0 spiro atoms. The second kappa shape index (κ2) is 7.38. The van der Waals surface area contributed by atoms with Crippen molar-refractivity contribution in [3.8, 4) is 11.8 Å². The van der Waals surface area contributed by atoms with E-state index in [9.17, 15) is 13.7 Å². The number of halogens is 1. The summed E-state index contributed by atoms with van der Waals surface area (Å²) in [5, 5.41) is 8.86. The monoisotopic (exact) mass is 438 g/mol. The summed E-state index contributed by atoms with van der Waals surface area (Å²) in [7, 11) is -2.23. The third kappa shape index (κ3) is 3.42. The molecule has 0 amide bonds. The van der Waals surface area contributed by atoms with Gasteiger partial charge in [-0.25, -0.2) is 8.42 Å². The Kier molecular flexibility index (Phi) is 5.39. The average Bonchev–Trinajstić information content (AvgIpc) is 3.12. The number of sulfonamides is 1. The molecule has 0 N–H and O–H groups in total. The molecule has 0 saturated carbocycles. The van der Waals surface area contributed by atoms with Gasteiger partial charge < -0.3 is 4.74 Å². The number of nitriles is 1. The number of nitrogens with zero attached hydrogens (tertiary/aromatic N) is 2. The van der Waals surface area contributed by atoms with Crippen molar-refractivity contribution in [2.24, 2.45) is 0 Å². The van der Waals surface area contributed by atoms with Gasteiger partial charge in [0.2, 0.25) is 10.0 Å². The van der Waals surface area contributed by atoms with Gasteiger partial charge in [-0.05, 0) is 30.3 Å². The third-order valence-corrected chi connectivity index (χ3v) is 7.69. The molecule has 5 nitrogen and oxygen atoms in total. The van der Waals surface area contributed by atoms with E-state index in [0.29, 0.717) is 18.0 Å². The van der Waals surface area contributed by atoms with Crippen LogP contribution >= 0.6 is 27.7 Å². The molecule has 25 heavy (non-hydrogen) atoms. The van der Waals surface area contributed by atoms with Crippen molar-refractivity contribution in [1.82, 2.24) is 4.31 Å². The Labute approximate surface area is 159 Å². The van der Waals surface area contributed by atoms with E-state index in [1.165, 1.54) is 28.2 Å². The summed E-state index contributed by atoms with van der Waals surface area (Å²) in [5.74, 6) is 1.31. The van der Waals surface area contributed by atoms with Crippen LogP contribution in [0.15, 0.2) is 51.8 Å². The Balaban J connectivity index is 2.08. The fourth-order valence-corrected chi connectivity index (χ4v) is 6.52.